The van der Waals surface area contributed by atoms with Gasteiger partial charge in [0.05, 0.1) is 30.4 Å². The van der Waals surface area contributed by atoms with Crippen LogP contribution in [-0.2, 0) is 11.3 Å². The van der Waals surface area contributed by atoms with Gasteiger partial charge in [0, 0.05) is 43.6 Å². The van der Waals surface area contributed by atoms with E-state index in [4.69, 9.17) is 14.5 Å². The maximum absolute atomic E-state index is 14.0. The number of imidazole rings is 1. The average molecular weight is 605 g/mol. The summed E-state index contributed by atoms with van der Waals surface area (Å²) >= 11 is 0. The highest BCUT2D eigenvalue weighted by Gasteiger charge is 2.26. The molecule has 2 aliphatic rings. The number of anilines is 2. The molecule has 2 N–H and O–H groups in total. The number of carbonyl (C=O) groups excluding carboxylic acids is 1. The summed E-state index contributed by atoms with van der Waals surface area (Å²) < 4.78 is 14.9. The standard InChI is InChI=1S/C34H36N8O3/c1-22-16-29(35-18-23-6-10-26(44-2)11-7-23)27(17-31(22)41-19-30(36-20-41)24-8-9-24)34(43)39-32-5-3-4-28(38-32)33-40-37-21-42(33)25-12-14-45-15-13-25/h3-7,10-11,16-17,19-21,24-25,35H,8-9,12-15,18H2,1-2H3,(H,38,39,43). The molecule has 0 spiro atoms. The summed E-state index contributed by atoms with van der Waals surface area (Å²) in [6, 6.07) is 17.6. The highest BCUT2D eigenvalue weighted by Crippen LogP contribution is 2.39. The Hall–Kier alpha value is -5.03. The van der Waals surface area contributed by atoms with Gasteiger partial charge >= 0.3 is 0 Å². The van der Waals surface area contributed by atoms with Crippen LogP contribution in [0, 0.1) is 6.92 Å². The predicted octanol–water partition coefficient (Wildman–Crippen LogP) is 5.94. The van der Waals surface area contributed by atoms with E-state index in [2.05, 4.69) is 36.6 Å². The molecule has 11 nitrogen and oxygen atoms in total. The summed E-state index contributed by atoms with van der Waals surface area (Å²) in [5.41, 5.74) is 5.96. The van der Waals surface area contributed by atoms with Gasteiger partial charge in [-0.3, -0.25) is 4.79 Å². The Labute approximate surface area is 261 Å². The number of nitrogens with zero attached hydrogens (tertiary/aromatic N) is 6. The second kappa shape index (κ2) is 12.5. The predicted molar refractivity (Wildman–Crippen MR) is 171 cm³/mol. The van der Waals surface area contributed by atoms with Crippen LogP contribution in [0.5, 0.6) is 5.75 Å². The zero-order chi connectivity index (χ0) is 30.8. The molecule has 1 saturated heterocycles. The third kappa shape index (κ3) is 6.30. The molecule has 2 fully saturated rings. The maximum atomic E-state index is 14.0. The average Bonchev–Trinajstić information content (AvgIpc) is 3.59. The van der Waals surface area contributed by atoms with Crippen LogP contribution in [0.25, 0.3) is 17.2 Å². The first-order chi connectivity index (χ1) is 22.1. The largest absolute Gasteiger partial charge is 0.497 e. The molecule has 1 aliphatic heterocycles. The Balaban J connectivity index is 1.17. The minimum Gasteiger partial charge on any atom is -0.497 e. The number of aryl methyl sites for hydroxylation is 1. The summed E-state index contributed by atoms with van der Waals surface area (Å²) in [6.45, 7) is 4.00. The van der Waals surface area contributed by atoms with E-state index in [0.717, 1.165) is 46.8 Å². The van der Waals surface area contributed by atoms with Crippen LogP contribution in [0.1, 0.15) is 64.8 Å². The molecule has 1 amide bonds. The number of benzene rings is 2. The first kappa shape index (κ1) is 28.7. The van der Waals surface area contributed by atoms with E-state index < -0.39 is 0 Å². The molecule has 2 aromatic carbocycles. The van der Waals surface area contributed by atoms with E-state index in [-0.39, 0.29) is 11.9 Å². The summed E-state index contributed by atoms with van der Waals surface area (Å²) in [4.78, 5) is 23.4. The summed E-state index contributed by atoms with van der Waals surface area (Å²) in [7, 11) is 1.65. The van der Waals surface area contributed by atoms with E-state index in [1.807, 2.05) is 66.3 Å². The van der Waals surface area contributed by atoms with Crippen molar-refractivity contribution >= 4 is 17.4 Å². The molecule has 45 heavy (non-hydrogen) atoms. The molecule has 1 aliphatic carbocycles. The van der Waals surface area contributed by atoms with E-state index >= 15 is 0 Å². The molecular formula is C34H36N8O3. The summed E-state index contributed by atoms with van der Waals surface area (Å²) in [5, 5.41) is 15.0. The van der Waals surface area contributed by atoms with Crippen LogP contribution in [0.15, 0.2) is 73.4 Å². The van der Waals surface area contributed by atoms with E-state index in [1.165, 1.54) is 12.8 Å². The first-order valence-electron chi connectivity index (χ1n) is 15.4. The number of ether oxygens (including phenoxy) is 2. The number of nitrogens with one attached hydrogen (secondary N) is 2. The van der Waals surface area contributed by atoms with Crippen molar-refractivity contribution in [3.8, 4) is 23.0 Å². The van der Waals surface area contributed by atoms with Crippen LogP contribution >= 0.6 is 0 Å². The highest BCUT2D eigenvalue weighted by atomic mass is 16.5. The Kier molecular flexibility index (Phi) is 8.00. The highest BCUT2D eigenvalue weighted by molar-refractivity contribution is 6.08. The number of hydrogen-bond donors (Lipinski definition) is 2. The molecule has 7 rings (SSSR count). The lowest BCUT2D eigenvalue weighted by Gasteiger charge is -2.24. The molecule has 0 unspecified atom stereocenters. The number of pyridine rings is 1. The SMILES string of the molecule is COc1ccc(CNc2cc(C)c(-n3cnc(C4CC4)c3)cc2C(=O)Nc2cccc(-c3nncn3C3CCOCC3)n2)cc1. The van der Waals surface area contributed by atoms with Gasteiger partial charge in [-0.25, -0.2) is 9.97 Å². The number of methoxy groups -OCH3 is 1. The van der Waals surface area contributed by atoms with Gasteiger partial charge in [0.15, 0.2) is 5.82 Å². The zero-order valence-electron chi connectivity index (χ0n) is 25.4. The third-order valence-electron chi connectivity index (χ3n) is 8.48. The lowest BCUT2D eigenvalue weighted by Crippen LogP contribution is -2.20. The van der Waals surface area contributed by atoms with Gasteiger partial charge in [-0.1, -0.05) is 18.2 Å². The van der Waals surface area contributed by atoms with Crippen LogP contribution < -0.4 is 15.4 Å². The minimum absolute atomic E-state index is 0.248. The Morgan fingerprint density at radius 1 is 1.04 bits per heavy atom. The number of amides is 1. The fraction of sp³-hybridized carbons (Fsp3) is 0.324. The normalized spacial score (nSPS) is 15.2. The maximum Gasteiger partial charge on any atom is 0.258 e. The van der Waals surface area contributed by atoms with Crippen LogP contribution in [-0.4, -0.2) is 55.5 Å². The van der Waals surface area contributed by atoms with Gasteiger partial charge in [-0.05, 0) is 80.1 Å². The van der Waals surface area contributed by atoms with Gasteiger partial charge < -0.3 is 29.2 Å². The summed E-state index contributed by atoms with van der Waals surface area (Å²) in [5.74, 6) is 2.16. The van der Waals surface area contributed by atoms with E-state index in [1.54, 1.807) is 19.5 Å². The van der Waals surface area contributed by atoms with Crippen molar-refractivity contribution in [3.05, 3.63) is 95.8 Å². The van der Waals surface area contributed by atoms with E-state index in [0.29, 0.717) is 48.6 Å². The van der Waals surface area contributed by atoms with Gasteiger partial charge in [0.2, 0.25) is 0 Å². The third-order valence-corrected chi connectivity index (χ3v) is 8.48. The Bertz CT molecular complexity index is 1800. The fourth-order valence-corrected chi connectivity index (χ4v) is 5.78. The lowest BCUT2D eigenvalue weighted by atomic mass is 10.1. The van der Waals surface area contributed by atoms with Crippen molar-refractivity contribution in [2.45, 2.75) is 51.1 Å². The topological polar surface area (TPSA) is 121 Å². The minimum atomic E-state index is -0.272. The number of hydrogen-bond acceptors (Lipinski definition) is 8. The molecule has 0 bridgehead atoms. The van der Waals surface area contributed by atoms with Gasteiger partial charge in [0.25, 0.3) is 5.91 Å². The molecule has 0 radical (unpaired) electrons. The summed E-state index contributed by atoms with van der Waals surface area (Å²) in [6.07, 6.45) is 9.79. The van der Waals surface area contributed by atoms with E-state index in [9.17, 15) is 4.79 Å². The van der Waals surface area contributed by atoms with Crippen molar-refractivity contribution in [1.29, 1.82) is 0 Å². The molecular weight excluding hydrogens is 568 g/mol. The van der Waals surface area contributed by atoms with Crippen molar-refractivity contribution in [2.24, 2.45) is 0 Å². The molecule has 230 valence electrons. The monoisotopic (exact) mass is 604 g/mol. The quantitative estimate of drug-likeness (QED) is 0.201. The van der Waals surface area contributed by atoms with Crippen molar-refractivity contribution < 1.29 is 14.3 Å². The van der Waals surface area contributed by atoms with Gasteiger partial charge in [-0.15, -0.1) is 10.2 Å². The number of aromatic nitrogens is 6. The Morgan fingerprint density at radius 2 is 1.87 bits per heavy atom. The van der Waals surface area contributed by atoms with Gasteiger partial charge in [0.1, 0.15) is 23.6 Å². The molecule has 3 aromatic heterocycles. The first-order valence-corrected chi connectivity index (χ1v) is 15.4. The van der Waals surface area contributed by atoms with Crippen LogP contribution in [0.4, 0.5) is 11.5 Å². The zero-order valence-corrected chi connectivity index (χ0v) is 25.4. The second-order valence-corrected chi connectivity index (χ2v) is 11.6. The second-order valence-electron chi connectivity index (χ2n) is 11.6. The molecule has 1 saturated carbocycles. The molecule has 11 heteroatoms. The van der Waals surface area contributed by atoms with Gasteiger partial charge in [-0.2, -0.15) is 0 Å². The fourth-order valence-electron chi connectivity index (χ4n) is 5.78. The number of rotatable bonds is 10. The van der Waals surface area contributed by atoms with Crippen molar-refractivity contribution in [1.82, 2.24) is 29.3 Å². The smallest absolute Gasteiger partial charge is 0.258 e. The Morgan fingerprint density at radius 3 is 2.64 bits per heavy atom. The van der Waals surface area contributed by atoms with Crippen LogP contribution in [0.2, 0.25) is 0 Å². The molecule has 5 aromatic rings. The van der Waals surface area contributed by atoms with Crippen LogP contribution in [0.3, 0.4) is 0 Å². The molecule has 4 heterocycles. The van der Waals surface area contributed by atoms with Crippen molar-refractivity contribution in [2.75, 3.05) is 31.0 Å². The number of carbonyl (C=O) groups is 1. The lowest BCUT2D eigenvalue weighted by molar-refractivity contribution is 0.0699. The molecule has 0 atom stereocenters. The van der Waals surface area contributed by atoms with Crippen molar-refractivity contribution in [3.63, 3.8) is 0 Å².